The molecule has 30 heavy (non-hydrogen) atoms. The molecule has 1 unspecified atom stereocenters. The van der Waals surface area contributed by atoms with Gasteiger partial charge in [0.2, 0.25) is 0 Å². The van der Waals surface area contributed by atoms with Gasteiger partial charge in [-0.2, -0.15) is 0 Å². The lowest BCUT2D eigenvalue weighted by atomic mass is 9.64. The fourth-order valence-corrected chi connectivity index (χ4v) is 5.31. The minimum atomic E-state index is -0.156. The van der Waals surface area contributed by atoms with Crippen LogP contribution in [0.25, 0.3) is 10.8 Å². The third kappa shape index (κ3) is 3.84. The molecule has 1 atom stereocenters. The molecule has 0 bridgehead atoms. The molecule has 1 fully saturated rings. The first kappa shape index (κ1) is 21.2. The van der Waals surface area contributed by atoms with E-state index >= 15 is 0 Å². The smallest absolute Gasteiger partial charge is 0.255 e. The van der Waals surface area contributed by atoms with E-state index in [1.807, 2.05) is 30.3 Å². The minimum absolute atomic E-state index is 0.0364. The Morgan fingerprint density at radius 1 is 1.17 bits per heavy atom. The van der Waals surface area contributed by atoms with Crippen LogP contribution in [-0.4, -0.2) is 17.1 Å². The Bertz CT molecular complexity index is 1100. The van der Waals surface area contributed by atoms with E-state index in [4.69, 9.17) is 33.7 Å². The summed E-state index contributed by atoms with van der Waals surface area (Å²) < 4.78 is 6.29. The number of benzene rings is 2. The number of fused-ring (bicyclic) bond motifs is 1. The van der Waals surface area contributed by atoms with Gasteiger partial charge >= 0.3 is 0 Å². The van der Waals surface area contributed by atoms with E-state index in [1.54, 1.807) is 12.3 Å². The van der Waals surface area contributed by atoms with Crippen LogP contribution in [0.3, 0.4) is 0 Å². The second kappa shape index (κ2) is 8.62. The van der Waals surface area contributed by atoms with Crippen LogP contribution in [0.5, 0.6) is 5.75 Å². The molecule has 6 heteroatoms. The second-order valence-corrected chi connectivity index (χ2v) is 8.96. The van der Waals surface area contributed by atoms with Gasteiger partial charge in [-0.1, -0.05) is 48.3 Å². The Labute approximate surface area is 186 Å². The second-order valence-electron chi connectivity index (χ2n) is 8.14. The number of nitrogens with one attached hydrogen (secondary N) is 1. The highest BCUT2D eigenvalue weighted by Crippen LogP contribution is 2.46. The van der Waals surface area contributed by atoms with Crippen LogP contribution in [0, 0.1) is 0 Å². The van der Waals surface area contributed by atoms with Gasteiger partial charge in [-0.3, -0.25) is 4.79 Å². The van der Waals surface area contributed by atoms with Crippen LogP contribution in [-0.2, 0) is 5.41 Å². The molecule has 0 aliphatic heterocycles. The maximum Gasteiger partial charge on any atom is 0.255 e. The van der Waals surface area contributed by atoms with Crippen LogP contribution in [0.1, 0.15) is 44.6 Å². The Hall–Kier alpha value is -2.01. The number of hydrogen-bond acceptors (Lipinski definition) is 3. The zero-order valence-electron chi connectivity index (χ0n) is 17.0. The molecule has 1 aliphatic rings. The van der Waals surface area contributed by atoms with Crippen LogP contribution in [0.4, 0.5) is 0 Å². The minimum Gasteiger partial charge on any atom is -0.489 e. The number of H-pyrrole nitrogens is 1. The largest absolute Gasteiger partial charge is 0.489 e. The van der Waals surface area contributed by atoms with Crippen molar-refractivity contribution in [2.24, 2.45) is 5.73 Å². The summed E-state index contributed by atoms with van der Waals surface area (Å²) in [6.45, 7) is 2.13. The molecule has 1 heterocycles. The van der Waals surface area contributed by atoms with Gasteiger partial charge in [0.05, 0.1) is 11.1 Å². The van der Waals surface area contributed by atoms with Gasteiger partial charge < -0.3 is 15.5 Å². The third-order valence-corrected chi connectivity index (χ3v) is 7.13. The predicted octanol–water partition coefficient (Wildman–Crippen LogP) is 5.83. The van der Waals surface area contributed by atoms with Gasteiger partial charge in [-0.05, 0) is 67.3 Å². The molecule has 0 amide bonds. The highest BCUT2D eigenvalue weighted by molar-refractivity contribution is 6.33. The van der Waals surface area contributed by atoms with E-state index in [9.17, 15) is 4.79 Å². The monoisotopic (exact) mass is 444 g/mol. The number of nitrogens with two attached hydrogens (primary N) is 1. The summed E-state index contributed by atoms with van der Waals surface area (Å²) >= 11 is 13.0. The third-order valence-electron chi connectivity index (χ3n) is 6.50. The van der Waals surface area contributed by atoms with Gasteiger partial charge in [-0.15, -0.1) is 0 Å². The van der Waals surface area contributed by atoms with Crippen molar-refractivity contribution < 1.29 is 4.74 Å². The van der Waals surface area contributed by atoms with Crippen molar-refractivity contribution in [2.75, 3.05) is 0 Å². The normalized spacial score (nSPS) is 22.7. The average molecular weight is 445 g/mol. The molecular formula is C24H26Cl2N2O2. The summed E-state index contributed by atoms with van der Waals surface area (Å²) in [5, 5.41) is 2.61. The molecule has 3 aromatic rings. The molecule has 0 spiro atoms. The van der Waals surface area contributed by atoms with Crippen LogP contribution < -0.4 is 16.0 Å². The molecule has 4 rings (SSSR count). The lowest BCUT2D eigenvalue weighted by molar-refractivity contribution is 0.104. The topological polar surface area (TPSA) is 68.1 Å². The Balaban J connectivity index is 1.56. The summed E-state index contributed by atoms with van der Waals surface area (Å²) in [6, 6.07) is 13.5. The molecule has 158 valence electrons. The first-order chi connectivity index (χ1) is 14.4. The molecule has 2 aromatic carbocycles. The summed E-state index contributed by atoms with van der Waals surface area (Å²) in [4.78, 5) is 14.7. The lowest BCUT2D eigenvalue weighted by Crippen LogP contribution is -2.49. The SMILES string of the molecule is CCC(N)C1(c2ccccc2Cl)CCC(Oc2cc3cc[nH]c(=O)c3cc2Cl)CC1. The van der Waals surface area contributed by atoms with E-state index in [2.05, 4.69) is 18.0 Å². The standard InChI is InChI=1S/C24H26Cl2N2O2/c1-2-22(27)24(18-5-3-4-6-19(18)25)10-7-16(8-11-24)30-21-13-15-9-12-28-23(29)17(15)14-20(21)26/h3-6,9,12-14,16,22H,2,7-8,10-11,27H2,1H3,(H,28,29). The van der Waals surface area contributed by atoms with Gasteiger partial charge in [-0.25, -0.2) is 0 Å². The van der Waals surface area contributed by atoms with E-state index in [-0.39, 0.29) is 23.1 Å². The number of pyridine rings is 1. The Morgan fingerprint density at radius 2 is 1.90 bits per heavy atom. The summed E-state index contributed by atoms with van der Waals surface area (Å²) in [6.07, 6.45) is 6.10. The average Bonchev–Trinajstić information content (AvgIpc) is 2.75. The van der Waals surface area contributed by atoms with Gasteiger partial charge in [0.25, 0.3) is 5.56 Å². The van der Waals surface area contributed by atoms with Gasteiger partial charge in [0, 0.05) is 28.1 Å². The molecule has 3 N–H and O–H groups in total. The van der Waals surface area contributed by atoms with E-state index < -0.39 is 0 Å². The van der Waals surface area contributed by atoms with E-state index in [0.29, 0.717) is 16.2 Å². The Morgan fingerprint density at radius 3 is 2.60 bits per heavy atom. The Kier molecular flexibility index (Phi) is 6.10. The van der Waals surface area contributed by atoms with Gasteiger partial charge in [0.1, 0.15) is 5.75 Å². The predicted molar refractivity (Wildman–Crippen MR) is 124 cm³/mol. The van der Waals surface area contributed by atoms with Crippen molar-refractivity contribution in [3.63, 3.8) is 0 Å². The maximum absolute atomic E-state index is 12.0. The number of rotatable bonds is 5. The summed E-state index contributed by atoms with van der Waals surface area (Å²) in [5.41, 5.74) is 7.47. The van der Waals surface area contributed by atoms with Crippen molar-refractivity contribution in [1.29, 1.82) is 0 Å². The molecule has 1 saturated carbocycles. The molecule has 0 saturated heterocycles. The molecule has 1 aliphatic carbocycles. The van der Waals surface area contributed by atoms with Crippen LogP contribution in [0.15, 0.2) is 53.5 Å². The van der Waals surface area contributed by atoms with E-state index in [0.717, 1.165) is 48.1 Å². The fourth-order valence-electron chi connectivity index (χ4n) is 4.78. The van der Waals surface area contributed by atoms with Crippen molar-refractivity contribution in [3.8, 4) is 5.75 Å². The fraction of sp³-hybridized carbons (Fsp3) is 0.375. The molecular weight excluding hydrogens is 419 g/mol. The summed E-state index contributed by atoms with van der Waals surface area (Å²) in [5.74, 6) is 0.616. The highest BCUT2D eigenvalue weighted by atomic mass is 35.5. The number of aromatic amines is 1. The first-order valence-corrected chi connectivity index (χ1v) is 11.2. The molecule has 4 nitrogen and oxygen atoms in total. The van der Waals surface area contributed by atoms with Crippen LogP contribution >= 0.6 is 23.2 Å². The zero-order chi connectivity index (χ0) is 21.3. The number of aromatic nitrogens is 1. The van der Waals surface area contributed by atoms with Crippen molar-refractivity contribution in [2.45, 2.75) is 56.6 Å². The van der Waals surface area contributed by atoms with Crippen molar-refractivity contribution >= 4 is 34.0 Å². The number of hydrogen-bond donors (Lipinski definition) is 2. The highest BCUT2D eigenvalue weighted by Gasteiger charge is 2.42. The number of halogens is 2. The number of ether oxygens (including phenoxy) is 1. The van der Waals surface area contributed by atoms with Gasteiger partial charge in [0.15, 0.2) is 0 Å². The first-order valence-electron chi connectivity index (χ1n) is 10.4. The molecule has 0 radical (unpaired) electrons. The molecule has 1 aromatic heterocycles. The van der Waals surface area contributed by atoms with Crippen LogP contribution in [0.2, 0.25) is 10.0 Å². The lowest BCUT2D eigenvalue weighted by Gasteiger charge is -2.45. The zero-order valence-corrected chi connectivity index (χ0v) is 18.5. The maximum atomic E-state index is 12.0. The summed E-state index contributed by atoms with van der Waals surface area (Å²) in [7, 11) is 0. The van der Waals surface area contributed by atoms with E-state index in [1.165, 1.54) is 0 Å². The van der Waals surface area contributed by atoms with Crippen molar-refractivity contribution in [3.05, 3.63) is 74.6 Å². The van der Waals surface area contributed by atoms with Crippen molar-refractivity contribution in [1.82, 2.24) is 4.98 Å². The quantitative estimate of drug-likeness (QED) is 0.519.